The van der Waals surface area contributed by atoms with Gasteiger partial charge in [0.2, 0.25) is 0 Å². The van der Waals surface area contributed by atoms with Crippen molar-refractivity contribution in [3.8, 4) is 0 Å². The van der Waals surface area contributed by atoms with Crippen LogP contribution in [-0.2, 0) is 0 Å². The van der Waals surface area contributed by atoms with Crippen LogP contribution in [0.3, 0.4) is 0 Å². The number of nitrogen functional groups attached to an aromatic ring is 1. The molecule has 1 aliphatic rings. The molecule has 0 amide bonds. The van der Waals surface area contributed by atoms with Crippen molar-refractivity contribution in [1.82, 2.24) is 9.80 Å². The molecule has 0 saturated carbocycles. The molecule has 118 valence electrons. The van der Waals surface area contributed by atoms with Gasteiger partial charge in [0.1, 0.15) is 0 Å². The molecular weight excluding hydrogens is 260 g/mol. The molecule has 0 radical (unpaired) electrons. The lowest BCUT2D eigenvalue weighted by molar-refractivity contribution is 0.139. The maximum atomic E-state index is 5.76. The van der Waals surface area contributed by atoms with Gasteiger partial charge in [-0.05, 0) is 43.8 Å². The number of nitrogens with two attached hydrogens (primary N) is 1. The highest BCUT2D eigenvalue weighted by Crippen LogP contribution is 2.21. The van der Waals surface area contributed by atoms with E-state index in [9.17, 15) is 0 Å². The van der Waals surface area contributed by atoms with Crippen LogP contribution in [-0.4, -0.2) is 63.2 Å². The summed E-state index contributed by atoms with van der Waals surface area (Å²) in [5, 5.41) is 0. The highest BCUT2D eigenvalue weighted by molar-refractivity contribution is 5.53. The second-order valence-corrected chi connectivity index (χ2v) is 7.26. The van der Waals surface area contributed by atoms with Crippen LogP contribution in [0.25, 0.3) is 0 Å². The Bertz CT molecular complexity index is 431. The highest BCUT2D eigenvalue weighted by Gasteiger charge is 2.25. The van der Waals surface area contributed by atoms with E-state index in [1.165, 1.54) is 12.2 Å². The first-order valence-electron chi connectivity index (χ1n) is 7.83. The van der Waals surface area contributed by atoms with Crippen molar-refractivity contribution in [2.75, 3.05) is 64.0 Å². The summed E-state index contributed by atoms with van der Waals surface area (Å²) in [7, 11) is 4.31. The molecule has 0 atom stereocenters. The van der Waals surface area contributed by atoms with Gasteiger partial charge in [0, 0.05) is 50.6 Å². The van der Waals surface area contributed by atoms with Crippen molar-refractivity contribution < 1.29 is 0 Å². The predicted octanol–water partition coefficient (Wildman–Crippen LogP) is 1.98. The van der Waals surface area contributed by atoms with Crippen LogP contribution in [0, 0.1) is 5.41 Å². The third kappa shape index (κ3) is 4.90. The summed E-state index contributed by atoms with van der Waals surface area (Å²) >= 11 is 0. The molecule has 1 fully saturated rings. The maximum Gasteiger partial charge on any atom is 0.0368 e. The van der Waals surface area contributed by atoms with E-state index in [4.69, 9.17) is 5.73 Å². The van der Waals surface area contributed by atoms with Crippen LogP contribution >= 0.6 is 0 Å². The fraction of sp³-hybridized carbons (Fsp3) is 0.647. The van der Waals surface area contributed by atoms with Gasteiger partial charge < -0.3 is 15.5 Å². The van der Waals surface area contributed by atoms with Gasteiger partial charge in [-0.25, -0.2) is 0 Å². The van der Waals surface area contributed by atoms with E-state index >= 15 is 0 Å². The van der Waals surface area contributed by atoms with Crippen LogP contribution in [0.5, 0.6) is 0 Å². The van der Waals surface area contributed by atoms with Gasteiger partial charge in [-0.1, -0.05) is 13.8 Å². The Kier molecular flexibility index (Phi) is 5.12. The SMILES string of the molecule is CN(C)CC(C)(C)CN1CCN(c2ccc(N)cc2)CC1. The lowest BCUT2D eigenvalue weighted by Crippen LogP contribution is -2.50. The van der Waals surface area contributed by atoms with E-state index in [0.29, 0.717) is 5.41 Å². The Morgan fingerprint density at radius 2 is 1.62 bits per heavy atom. The molecule has 0 unspecified atom stereocenters. The first-order chi connectivity index (χ1) is 9.85. The average molecular weight is 290 g/mol. The van der Waals surface area contributed by atoms with E-state index in [2.05, 4.69) is 54.8 Å². The van der Waals surface area contributed by atoms with Crippen LogP contribution in [0.2, 0.25) is 0 Å². The maximum absolute atomic E-state index is 5.76. The number of piperazine rings is 1. The summed E-state index contributed by atoms with van der Waals surface area (Å²) in [6.07, 6.45) is 0. The van der Waals surface area contributed by atoms with Gasteiger partial charge in [-0.3, -0.25) is 4.90 Å². The molecule has 1 aromatic rings. The number of rotatable bonds is 5. The van der Waals surface area contributed by atoms with E-state index in [0.717, 1.165) is 38.4 Å². The molecule has 21 heavy (non-hydrogen) atoms. The summed E-state index contributed by atoms with van der Waals surface area (Å²) in [6.45, 7) is 11.5. The van der Waals surface area contributed by atoms with Gasteiger partial charge >= 0.3 is 0 Å². The number of anilines is 2. The van der Waals surface area contributed by atoms with E-state index in [-0.39, 0.29) is 0 Å². The Hall–Kier alpha value is -1.26. The summed E-state index contributed by atoms with van der Waals surface area (Å²) < 4.78 is 0. The minimum absolute atomic E-state index is 0.340. The van der Waals surface area contributed by atoms with Gasteiger partial charge in [0.15, 0.2) is 0 Å². The van der Waals surface area contributed by atoms with Gasteiger partial charge in [0.25, 0.3) is 0 Å². The zero-order chi connectivity index (χ0) is 15.5. The van der Waals surface area contributed by atoms with Crippen LogP contribution < -0.4 is 10.6 Å². The van der Waals surface area contributed by atoms with Crippen LogP contribution in [0.4, 0.5) is 11.4 Å². The minimum Gasteiger partial charge on any atom is -0.399 e. The van der Waals surface area contributed by atoms with Gasteiger partial charge in [-0.2, -0.15) is 0 Å². The van der Waals surface area contributed by atoms with E-state index < -0.39 is 0 Å². The molecule has 4 heteroatoms. The van der Waals surface area contributed by atoms with Gasteiger partial charge in [-0.15, -0.1) is 0 Å². The second-order valence-electron chi connectivity index (χ2n) is 7.26. The predicted molar refractivity (Wildman–Crippen MR) is 91.8 cm³/mol. The topological polar surface area (TPSA) is 35.7 Å². The Morgan fingerprint density at radius 3 is 2.14 bits per heavy atom. The molecule has 2 N–H and O–H groups in total. The summed E-state index contributed by atoms with van der Waals surface area (Å²) in [5.74, 6) is 0. The van der Waals surface area contributed by atoms with Crippen molar-refractivity contribution in [3.05, 3.63) is 24.3 Å². The standard InChI is InChI=1S/C17H30N4/c1-17(2,13-19(3)4)14-20-9-11-21(12-10-20)16-7-5-15(18)6-8-16/h5-8H,9-14,18H2,1-4H3. The van der Waals surface area contributed by atoms with Crippen molar-refractivity contribution >= 4 is 11.4 Å². The second kappa shape index (κ2) is 6.67. The molecule has 0 aromatic heterocycles. The normalized spacial score (nSPS) is 17.5. The molecule has 1 aliphatic heterocycles. The zero-order valence-electron chi connectivity index (χ0n) is 14.0. The number of hydrogen-bond donors (Lipinski definition) is 1. The van der Waals surface area contributed by atoms with Gasteiger partial charge in [0.05, 0.1) is 0 Å². The Labute approximate surface area is 129 Å². The van der Waals surface area contributed by atoms with Crippen LogP contribution in [0.15, 0.2) is 24.3 Å². The van der Waals surface area contributed by atoms with Crippen molar-refractivity contribution in [1.29, 1.82) is 0 Å². The van der Waals surface area contributed by atoms with Crippen LogP contribution in [0.1, 0.15) is 13.8 Å². The fourth-order valence-electron chi connectivity index (χ4n) is 3.36. The molecule has 1 aromatic carbocycles. The highest BCUT2D eigenvalue weighted by atomic mass is 15.3. The fourth-order valence-corrected chi connectivity index (χ4v) is 3.36. The monoisotopic (exact) mass is 290 g/mol. The van der Waals surface area contributed by atoms with Crippen molar-refractivity contribution in [3.63, 3.8) is 0 Å². The molecular formula is C17H30N4. The molecule has 0 aliphatic carbocycles. The molecule has 0 bridgehead atoms. The third-order valence-electron chi connectivity index (χ3n) is 4.03. The summed E-state index contributed by atoms with van der Waals surface area (Å²) in [4.78, 5) is 7.33. The summed E-state index contributed by atoms with van der Waals surface area (Å²) in [5.41, 5.74) is 8.22. The van der Waals surface area contributed by atoms with E-state index in [1.54, 1.807) is 0 Å². The van der Waals surface area contributed by atoms with Crippen molar-refractivity contribution in [2.24, 2.45) is 5.41 Å². The molecule has 4 nitrogen and oxygen atoms in total. The number of hydrogen-bond acceptors (Lipinski definition) is 4. The first kappa shape index (κ1) is 16.1. The molecule has 0 spiro atoms. The average Bonchev–Trinajstić information content (AvgIpc) is 2.38. The largest absolute Gasteiger partial charge is 0.399 e. The first-order valence-corrected chi connectivity index (χ1v) is 7.83. The summed E-state index contributed by atoms with van der Waals surface area (Å²) in [6, 6.07) is 8.23. The van der Waals surface area contributed by atoms with Crippen molar-refractivity contribution in [2.45, 2.75) is 13.8 Å². The molecule has 2 rings (SSSR count). The quantitative estimate of drug-likeness (QED) is 0.841. The lowest BCUT2D eigenvalue weighted by Gasteiger charge is -2.40. The molecule has 1 heterocycles. The lowest BCUT2D eigenvalue weighted by atomic mass is 9.92. The minimum atomic E-state index is 0.340. The Morgan fingerprint density at radius 1 is 1.05 bits per heavy atom. The number of nitrogens with zero attached hydrogens (tertiary/aromatic N) is 3. The number of benzene rings is 1. The zero-order valence-corrected chi connectivity index (χ0v) is 14.0. The van der Waals surface area contributed by atoms with E-state index in [1.807, 2.05) is 12.1 Å². The molecule has 1 saturated heterocycles. The third-order valence-corrected chi connectivity index (χ3v) is 4.03. The Balaban J connectivity index is 1.84. The smallest absolute Gasteiger partial charge is 0.0368 e.